The molecule has 1 fully saturated rings. The van der Waals surface area contributed by atoms with Gasteiger partial charge in [0.05, 0.1) is 0 Å². The SMILES string of the molecule is CCC(Oc1ccccc1C(C)C)C(=O)N1CCC(C)(CN)C1. The topological polar surface area (TPSA) is 55.6 Å². The Labute approximate surface area is 140 Å². The Morgan fingerprint density at radius 1 is 1.39 bits per heavy atom. The van der Waals surface area contributed by atoms with Crippen molar-refractivity contribution in [1.82, 2.24) is 4.90 Å². The zero-order chi connectivity index (χ0) is 17.0. The number of hydrogen-bond donors (Lipinski definition) is 1. The molecule has 2 N–H and O–H groups in total. The van der Waals surface area contributed by atoms with Crippen LogP contribution in [0.4, 0.5) is 0 Å². The average molecular weight is 318 g/mol. The molecule has 1 aliphatic heterocycles. The van der Waals surface area contributed by atoms with E-state index in [9.17, 15) is 4.79 Å². The molecule has 4 nitrogen and oxygen atoms in total. The number of para-hydroxylation sites is 1. The molecule has 2 unspecified atom stereocenters. The first-order valence-electron chi connectivity index (χ1n) is 8.64. The van der Waals surface area contributed by atoms with Gasteiger partial charge in [0.25, 0.3) is 5.91 Å². The van der Waals surface area contributed by atoms with Gasteiger partial charge in [0.1, 0.15) is 5.75 Å². The van der Waals surface area contributed by atoms with Crippen molar-refractivity contribution in [3.63, 3.8) is 0 Å². The first-order valence-corrected chi connectivity index (χ1v) is 8.64. The minimum absolute atomic E-state index is 0.0454. The van der Waals surface area contributed by atoms with Crippen molar-refractivity contribution in [3.8, 4) is 5.75 Å². The molecule has 0 aliphatic carbocycles. The lowest BCUT2D eigenvalue weighted by Gasteiger charge is -2.27. The lowest BCUT2D eigenvalue weighted by atomic mass is 9.90. The van der Waals surface area contributed by atoms with Crippen LogP contribution in [0.2, 0.25) is 0 Å². The number of rotatable bonds is 6. The van der Waals surface area contributed by atoms with Crippen LogP contribution in [0.1, 0.15) is 52.0 Å². The van der Waals surface area contributed by atoms with Crippen molar-refractivity contribution in [2.24, 2.45) is 11.1 Å². The molecule has 1 heterocycles. The second-order valence-corrected chi connectivity index (χ2v) is 7.23. The number of nitrogens with two attached hydrogens (primary N) is 1. The zero-order valence-electron chi connectivity index (χ0n) is 14.8. The Morgan fingerprint density at radius 3 is 2.65 bits per heavy atom. The maximum atomic E-state index is 12.8. The molecule has 0 saturated carbocycles. The summed E-state index contributed by atoms with van der Waals surface area (Å²) >= 11 is 0. The normalized spacial score (nSPS) is 22.4. The summed E-state index contributed by atoms with van der Waals surface area (Å²) in [4.78, 5) is 14.7. The molecule has 2 rings (SSSR count). The largest absolute Gasteiger partial charge is 0.480 e. The van der Waals surface area contributed by atoms with Gasteiger partial charge < -0.3 is 15.4 Å². The predicted octanol–water partition coefficient (Wildman–Crippen LogP) is 3.16. The highest BCUT2D eigenvalue weighted by atomic mass is 16.5. The molecule has 1 aliphatic rings. The Kier molecular flexibility index (Phi) is 5.69. The summed E-state index contributed by atoms with van der Waals surface area (Å²) in [6.07, 6.45) is 1.21. The van der Waals surface area contributed by atoms with E-state index in [4.69, 9.17) is 10.5 Å². The van der Waals surface area contributed by atoms with Crippen molar-refractivity contribution < 1.29 is 9.53 Å². The molecule has 23 heavy (non-hydrogen) atoms. The van der Waals surface area contributed by atoms with Crippen LogP contribution in [0.25, 0.3) is 0 Å². The summed E-state index contributed by atoms with van der Waals surface area (Å²) in [7, 11) is 0. The number of carbonyl (C=O) groups excluding carboxylic acids is 1. The van der Waals surface area contributed by atoms with E-state index in [0.717, 1.165) is 30.8 Å². The van der Waals surface area contributed by atoms with E-state index >= 15 is 0 Å². The molecule has 4 heteroatoms. The van der Waals surface area contributed by atoms with Crippen LogP contribution in [0.15, 0.2) is 24.3 Å². The Balaban J connectivity index is 2.10. The molecule has 128 valence electrons. The molecule has 0 spiro atoms. The number of amides is 1. The van der Waals surface area contributed by atoms with Gasteiger partial charge in [0, 0.05) is 13.1 Å². The minimum atomic E-state index is -0.421. The van der Waals surface area contributed by atoms with Crippen LogP contribution in [0.5, 0.6) is 5.75 Å². The fourth-order valence-corrected chi connectivity index (χ4v) is 3.11. The fourth-order valence-electron chi connectivity index (χ4n) is 3.11. The first-order chi connectivity index (χ1) is 10.9. The van der Waals surface area contributed by atoms with E-state index in [0.29, 0.717) is 18.9 Å². The van der Waals surface area contributed by atoms with Gasteiger partial charge in [-0.05, 0) is 42.3 Å². The van der Waals surface area contributed by atoms with Gasteiger partial charge in [-0.2, -0.15) is 0 Å². The monoisotopic (exact) mass is 318 g/mol. The van der Waals surface area contributed by atoms with Crippen LogP contribution in [0, 0.1) is 5.41 Å². The highest BCUT2D eigenvalue weighted by Crippen LogP contribution is 2.31. The first kappa shape index (κ1) is 17.8. The maximum Gasteiger partial charge on any atom is 0.263 e. The Hall–Kier alpha value is -1.55. The lowest BCUT2D eigenvalue weighted by Crippen LogP contribution is -2.42. The highest BCUT2D eigenvalue weighted by molar-refractivity contribution is 5.81. The van der Waals surface area contributed by atoms with Crippen molar-refractivity contribution in [2.75, 3.05) is 19.6 Å². The third-order valence-corrected chi connectivity index (χ3v) is 4.82. The fraction of sp³-hybridized carbons (Fsp3) is 0.632. The van der Waals surface area contributed by atoms with Crippen LogP contribution >= 0.6 is 0 Å². The van der Waals surface area contributed by atoms with Gasteiger partial charge in [-0.25, -0.2) is 0 Å². The summed E-state index contributed by atoms with van der Waals surface area (Å²) in [6, 6.07) is 8.00. The summed E-state index contributed by atoms with van der Waals surface area (Å²) in [5, 5.41) is 0. The smallest absolute Gasteiger partial charge is 0.263 e. The second-order valence-electron chi connectivity index (χ2n) is 7.23. The quantitative estimate of drug-likeness (QED) is 0.876. The van der Waals surface area contributed by atoms with Crippen LogP contribution in [0.3, 0.4) is 0 Å². The minimum Gasteiger partial charge on any atom is -0.480 e. The molecule has 1 saturated heterocycles. The standard InChI is InChI=1S/C19H30N2O2/c1-5-16(18(22)21-11-10-19(4,12-20)13-21)23-17-9-7-6-8-15(17)14(2)3/h6-9,14,16H,5,10-13,20H2,1-4H3. The predicted molar refractivity (Wildman–Crippen MR) is 93.6 cm³/mol. The van der Waals surface area contributed by atoms with Crippen LogP contribution < -0.4 is 10.5 Å². The number of carbonyl (C=O) groups is 1. The summed E-state index contributed by atoms with van der Waals surface area (Å²) in [5.41, 5.74) is 7.04. The van der Waals surface area contributed by atoms with E-state index in [1.165, 1.54) is 0 Å². The molecule has 2 atom stereocenters. The number of ether oxygens (including phenoxy) is 1. The van der Waals surface area contributed by atoms with E-state index in [-0.39, 0.29) is 11.3 Å². The van der Waals surface area contributed by atoms with E-state index in [2.05, 4.69) is 26.8 Å². The number of benzene rings is 1. The van der Waals surface area contributed by atoms with Crippen molar-refractivity contribution >= 4 is 5.91 Å². The van der Waals surface area contributed by atoms with Gasteiger partial charge in [-0.1, -0.05) is 45.9 Å². The average Bonchev–Trinajstić information content (AvgIpc) is 2.95. The Morgan fingerprint density at radius 2 is 2.09 bits per heavy atom. The van der Waals surface area contributed by atoms with Crippen molar-refractivity contribution in [1.29, 1.82) is 0 Å². The molecule has 1 aromatic carbocycles. The molecule has 1 aromatic rings. The van der Waals surface area contributed by atoms with E-state index in [1.54, 1.807) is 0 Å². The molecule has 0 radical (unpaired) electrons. The summed E-state index contributed by atoms with van der Waals surface area (Å²) in [6.45, 7) is 10.5. The van der Waals surface area contributed by atoms with Gasteiger partial charge in [-0.3, -0.25) is 4.79 Å². The maximum absolute atomic E-state index is 12.8. The van der Waals surface area contributed by atoms with Crippen LogP contribution in [-0.4, -0.2) is 36.5 Å². The van der Waals surface area contributed by atoms with Gasteiger partial charge in [-0.15, -0.1) is 0 Å². The number of hydrogen-bond acceptors (Lipinski definition) is 3. The summed E-state index contributed by atoms with van der Waals surface area (Å²) in [5.74, 6) is 1.28. The number of nitrogens with zero attached hydrogens (tertiary/aromatic N) is 1. The molecule has 0 aromatic heterocycles. The third kappa shape index (κ3) is 4.05. The van der Waals surface area contributed by atoms with E-state index in [1.807, 2.05) is 30.0 Å². The van der Waals surface area contributed by atoms with Crippen molar-refractivity contribution in [2.45, 2.75) is 52.6 Å². The lowest BCUT2D eigenvalue weighted by molar-refractivity contribution is -0.138. The molecule has 1 amide bonds. The zero-order valence-corrected chi connectivity index (χ0v) is 14.8. The van der Waals surface area contributed by atoms with Gasteiger partial charge in [0.2, 0.25) is 0 Å². The summed E-state index contributed by atoms with van der Waals surface area (Å²) < 4.78 is 6.11. The second kappa shape index (κ2) is 7.35. The Bertz CT molecular complexity index is 544. The van der Waals surface area contributed by atoms with Crippen LogP contribution in [-0.2, 0) is 4.79 Å². The highest BCUT2D eigenvalue weighted by Gasteiger charge is 2.37. The molecular formula is C19H30N2O2. The molecule has 0 bridgehead atoms. The van der Waals surface area contributed by atoms with E-state index < -0.39 is 6.10 Å². The van der Waals surface area contributed by atoms with Crippen molar-refractivity contribution in [3.05, 3.63) is 29.8 Å². The van der Waals surface area contributed by atoms with Gasteiger partial charge >= 0.3 is 0 Å². The third-order valence-electron chi connectivity index (χ3n) is 4.82. The molecular weight excluding hydrogens is 288 g/mol. The number of likely N-dealkylation sites (tertiary alicyclic amines) is 1. The van der Waals surface area contributed by atoms with Gasteiger partial charge in [0.15, 0.2) is 6.10 Å².